The number of aliphatic hydroxyl groups excluding tert-OH is 1. The van der Waals surface area contributed by atoms with Crippen LogP contribution >= 0.6 is 0 Å². The van der Waals surface area contributed by atoms with E-state index in [4.69, 9.17) is 9.84 Å². The minimum absolute atomic E-state index is 0.106. The fourth-order valence-corrected chi connectivity index (χ4v) is 1.61. The van der Waals surface area contributed by atoms with Crippen molar-refractivity contribution in [2.24, 2.45) is 0 Å². The van der Waals surface area contributed by atoms with Gasteiger partial charge in [0.05, 0.1) is 19.8 Å². The number of amides is 1. The molecule has 0 bridgehead atoms. The van der Waals surface area contributed by atoms with Gasteiger partial charge in [-0.25, -0.2) is 0 Å². The normalized spacial score (nSPS) is 17.6. The fraction of sp³-hybridized carbons (Fsp3) is 0.909. The number of hydrogen-bond acceptors (Lipinski definition) is 4. The molecule has 5 nitrogen and oxygen atoms in total. The molecule has 1 aliphatic rings. The number of aliphatic hydroxyl groups is 1. The molecule has 16 heavy (non-hydrogen) atoms. The molecule has 1 heterocycles. The summed E-state index contributed by atoms with van der Waals surface area (Å²) in [7, 11) is 0. The molecule has 1 amide bonds. The van der Waals surface area contributed by atoms with Gasteiger partial charge in [-0.15, -0.1) is 0 Å². The predicted octanol–water partition coefficient (Wildman–Crippen LogP) is -0.404. The summed E-state index contributed by atoms with van der Waals surface area (Å²) in [6.07, 6.45) is 0.642. The van der Waals surface area contributed by atoms with E-state index < -0.39 is 0 Å². The molecule has 1 saturated heterocycles. The number of nitrogens with one attached hydrogen (secondary N) is 1. The van der Waals surface area contributed by atoms with Gasteiger partial charge in [0.1, 0.15) is 0 Å². The van der Waals surface area contributed by atoms with Crippen LogP contribution in [0.5, 0.6) is 0 Å². The molecule has 0 aromatic carbocycles. The molecule has 0 aromatic heterocycles. The highest BCUT2D eigenvalue weighted by atomic mass is 16.5. The largest absolute Gasteiger partial charge is 0.396 e. The van der Waals surface area contributed by atoms with Gasteiger partial charge >= 0.3 is 0 Å². The molecule has 0 atom stereocenters. The highest BCUT2D eigenvalue weighted by molar-refractivity contribution is 5.78. The minimum atomic E-state index is -0.198. The van der Waals surface area contributed by atoms with Crippen LogP contribution in [0, 0.1) is 0 Å². The van der Waals surface area contributed by atoms with Gasteiger partial charge in [0.25, 0.3) is 0 Å². The summed E-state index contributed by atoms with van der Waals surface area (Å²) in [6, 6.07) is 0. The van der Waals surface area contributed by atoms with Crippen molar-refractivity contribution >= 4 is 5.91 Å². The fourth-order valence-electron chi connectivity index (χ4n) is 1.61. The number of carbonyl (C=O) groups is 1. The van der Waals surface area contributed by atoms with Gasteiger partial charge in [0.2, 0.25) is 5.91 Å². The molecule has 0 radical (unpaired) electrons. The molecule has 0 unspecified atom stereocenters. The van der Waals surface area contributed by atoms with E-state index in [2.05, 4.69) is 5.32 Å². The standard InChI is InChI=1S/C11H22N2O3/c1-11(2,3-6-14)12-9-10(15)13-4-7-16-8-5-13/h12,14H,3-9H2,1-2H3. The van der Waals surface area contributed by atoms with Crippen LogP contribution in [-0.2, 0) is 9.53 Å². The van der Waals surface area contributed by atoms with E-state index in [0.717, 1.165) is 0 Å². The van der Waals surface area contributed by atoms with Crippen LogP contribution < -0.4 is 5.32 Å². The Labute approximate surface area is 96.8 Å². The van der Waals surface area contributed by atoms with E-state index in [1.165, 1.54) is 0 Å². The first-order valence-electron chi connectivity index (χ1n) is 5.76. The molecule has 94 valence electrons. The van der Waals surface area contributed by atoms with Crippen molar-refractivity contribution in [1.29, 1.82) is 0 Å². The van der Waals surface area contributed by atoms with Crippen molar-refractivity contribution < 1.29 is 14.6 Å². The van der Waals surface area contributed by atoms with E-state index in [-0.39, 0.29) is 18.1 Å². The molecule has 0 aromatic rings. The molecule has 1 aliphatic heterocycles. The molecule has 0 aliphatic carbocycles. The highest BCUT2D eigenvalue weighted by Gasteiger charge is 2.21. The zero-order valence-electron chi connectivity index (χ0n) is 10.2. The Bertz CT molecular complexity index is 225. The van der Waals surface area contributed by atoms with Gasteiger partial charge in [0, 0.05) is 25.2 Å². The van der Waals surface area contributed by atoms with Crippen molar-refractivity contribution in [2.75, 3.05) is 39.5 Å². The molecule has 1 rings (SSSR count). The molecule has 1 fully saturated rings. The summed E-state index contributed by atoms with van der Waals surface area (Å²) >= 11 is 0. The maximum Gasteiger partial charge on any atom is 0.236 e. The Morgan fingerprint density at radius 3 is 2.62 bits per heavy atom. The van der Waals surface area contributed by atoms with Gasteiger partial charge in [-0.2, -0.15) is 0 Å². The molecule has 5 heteroatoms. The lowest BCUT2D eigenvalue weighted by molar-refractivity contribution is -0.134. The molecule has 0 saturated carbocycles. The van der Waals surface area contributed by atoms with Crippen LogP contribution in [0.15, 0.2) is 0 Å². The summed E-state index contributed by atoms with van der Waals surface area (Å²) in [5, 5.41) is 12.0. The predicted molar refractivity (Wildman–Crippen MR) is 61.2 cm³/mol. The van der Waals surface area contributed by atoms with Crippen LogP contribution in [0.25, 0.3) is 0 Å². The maximum absolute atomic E-state index is 11.8. The van der Waals surface area contributed by atoms with Gasteiger partial charge < -0.3 is 20.1 Å². The van der Waals surface area contributed by atoms with Crippen LogP contribution in [0.4, 0.5) is 0 Å². The molecular weight excluding hydrogens is 208 g/mol. The zero-order valence-corrected chi connectivity index (χ0v) is 10.2. The number of morpholine rings is 1. The second-order valence-electron chi connectivity index (χ2n) is 4.70. The van der Waals surface area contributed by atoms with Gasteiger partial charge in [0.15, 0.2) is 0 Å². The number of ether oxygens (including phenoxy) is 1. The van der Waals surface area contributed by atoms with E-state index in [1.807, 2.05) is 18.7 Å². The molecule has 0 spiro atoms. The molecule has 2 N–H and O–H groups in total. The van der Waals surface area contributed by atoms with Crippen LogP contribution in [-0.4, -0.2) is 60.9 Å². The first kappa shape index (κ1) is 13.4. The average Bonchev–Trinajstić information content (AvgIpc) is 2.27. The first-order chi connectivity index (χ1) is 7.55. The van der Waals surface area contributed by atoms with Gasteiger partial charge in [-0.3, -0.25) is 4.79 Å². The van der Waals surface area contributed by atoms with E-state index in [1.54, 1.807) is 0 Å². The van der Waals surface area contributed by atoms with Gasteiger partial charge in [-0.1, -0.05) is 0 Å². The van der Waals surface area contributed by atoms with Crippen molar-refractivity contribution in [3.63, 3.8) is 0 Å². The Balaban J connectivity index is 2.28. The Hall–Kier alpha value is -0.650. The topological polar surface area (TPSA) is 61.8 Å². The van der Waals surface area contributed by atoms with Crippen molar-refractivity contribution in [3.05, 3.63) is 0 Å². The average molecular weight is 230 g/mol. The van der Waals surface area contributed by atoms with Crippen LogP contribution in [0.2, 0.25) is 0 Å². The van der Waals surface area contributed by atoms with Crippen LogP contribution in [0.1, 0.15) is 20.3 Å². The lowest BCUT2D eigenvalue weighted by atomic mass is 10.0. The Kier molecular flexibility index (Phi) is 5.18. The van der Waals surface area contributed by atoms with E-state index in [0.29, 0.717) is 39.3 Å². The summed E-state index contributed by atoms with van der Waals surface area (Å²) in [4.78, 5) is 13.6. The monoisotopic (exact) mass is 230 g/mol. The smallest absolute Gasteiger partial charge is 0.236 e. The van der Waals surface area contributed by atoms with E-state index >= 15 is 0 Å². The summed E-state index contributed by atoms with van der Waals surface area (Å²) < 4.78 is 5.19. The lowest BCUT2D eigenvalue weighted by Gasteiger charge is -2.30. The summed E-state index contributed by atoms with van der Waals surface area (Å²) in [5.74, 6) is 0.106. The first-order valence-corrected chi connectivity index (χ1v) is 5.76. The van der Waals surface area contributed by atoms with E-state index in [9.17, 15) is 4.79 Å². The Morgan fingerprint density at radius 1 is 1.44 bits per heavy atom. The number of carbonyl (C=O) groups excluding carboxylic acids is 1. The quantitative estimate of drug-likeness (QED) is 0.674. The third-order valence-corrected chi connectivity index (χ3v) is 2.82. The second kappa shape index (κ2) is 6.18. The van der Waals surface area contributed by atoms with Crippen LogP contribution in [0.3, 0.4) is 0 Å². The number of hydrogen-bond donors (Lipinski definition) is 2. The highest BCUT2D eigenvalue weighted by Crippen LogP contribution is 2.07. The third kappa shape index (κ3) is 4.47. The lowest BCUT2D eigenvalue weighted by Crippen LogP contribution is -2.49. The van der Waals surface area contributed by atoms with Crippen molar-refractivity contribution in [2.45, 2.75) is 25.8 Å². The number of rotatable bonds is 5. The zero-order chi connectivity index (χ0) is 12.0. The number of nitrogens with zero attached hydrogens (tertiary/aromatic N) is 1. The maximum atomic E-state index is 11.8. The second-order valence-corrected chi connectivity index (χ2v) is 4.70. The minimum Gasteiger partial charge on any atom is -0.396 e. The SMILES string of the molecule is CC(C)(CCO)NCC(=O)N1CCOCC1. The van der Waals surface area contributed by atoms with Crippen molar-refractivity contribution in [3.8, 4) is 0 Å². The Morgan fingerprint density at radius 2 is 2.06 bits per heavy atom. The molecular formula is C11H22N2O3. The third-order valence-electron chi connectivity index (χ3n) is 2.82. The van der Waals surface area contributed by atoms with Crippen molar-refractivity contribution in [1.82, 2.24) is 10.2 Å². The summed E-state index contributed by atoms with van der Waals surface area (Å²) in [6.45, 7) is 7.05. The summed E-state index contributed by atoms with van der Waals surface area (Å²) in [5.41, 5.74) is -0.198. The van der Waals surface area contributed by atoms with Gasteiger partial charge in [-0.05, 0) is 20.3 Å².